The number of carbonyl (C=O) groups excluding carboxylic acids is 1. The van der Waals surface area contributed by atoms with Crippen LogP contribution in [0.2, 0.25) is 0 Å². The second-order valence-electron chi connectivity index (χ2n) is 6.70. The van der Waals surface area contributed by atoms with E-state index in [1.54, 1.807) is 0 Å². The highest BCUT2D eigenvalue weighted by atomic mass is 16.2. The highest BCUT2D eigenvalue weighted by Gasteiger charge is 2.33. The Morgan fingerprint density at radius 1 is 1.26 bits per heavy atom. The van der Waals surface area contributed by atoms with Crippen LogP contribution in [0.4, 0.5) is 5.69 Å². The highest BCUT2D eigenvalue weighted by molar-refractivity contribution is 5.92. The van der Waals surface area contributed by atoms with Crippen LogP contribution in [0.25, 0.3) is 11.0 Å². The summed E-state index contributed by atoms with van der Waals surface area (Å²) in [5.74, 6) is 0.478. The zero-order valence-electron chi connectivity index (χ0n) is 13.8. The van der Waals surface area contributed by atoms with E-state index < -0.39 is 0 Å². The molecule has 2 saturated heterocycles. The molecule has 2 aromatic rings. The lowest BCUT2D eigenvalue weighted by atomic mass is 10.1. The van der Waals surface area contributed by atoms with Crippen molar-refractivity contribution < 1.29 is 4.79 Å². The standard InChI is InChI=1S/C17H23N5O/c1-12-15-14(5-7-18-16(15)20(2)19-12)22-10-6-13(11-22)17(23)21-8-3-4-9-21/h5,7,13H,3-4,6,8-11H2,1-2H3. The topological polar surface area (TPSA) is 54.3 Å². The Balaban J connectivity index is 1.59. The van der Waals surface area contributed by atoms with Gasteiger partial charge in [-0.25, -0.2) is 4.98 Å². The molecule has 1 unspecified atom stereocenters. The van der Waals surface area contributed by atoms with Crippen LogP contribution in [0, 0.1) is 12.8 Å². The third-order valence-electron chi connectivity index (χ3n) is 5.17. The van der Waals surface area contributed by atoms with Gasteiger partial charge in [-0.05, 0) is 32.3 Å². The molecular formula is C17H23N5O. The largest absolute Gasteiger partial charge is 0.370 e. The fourth-order valence-electron chi connectivity index (χ4n) is 4.00. The molecular weight excluding hydrogens is 290 g/mol. The Bertz CT molecular complexity index is 747. The van der Waals surface area contributed by atoms with E-state index in [0.29, 0.717) is 5.91 Å². The van der Waals surface area contributed by atoms with Crippen molar-refractivity contribution in [2.24, 2.45) is 13.0 Å². The molecule has 0 radical (unpaired) electrons. The zero-order chi connectivity index (χ0) is 16.0. The number of hydrogen-bond acceptors (Lipinski definition) is 4. The van der Waals surface area contributed by atoms with Gasteiger partial charge < -0.3 is 9.80 Å². The first-order chi connectivity index (χ1) is 11.1. The molecule has 0 spiro atoms. The first-order valence-electron chi connectivity index (χ1n) is 8.47. The second kappa shape index (κ2) is 5.51. The number of aromatic nitrogens is 3. The first-order valence-corrected chi connectivity index (χ1v) is 8.47. The Kier molecular flexibility index (Phi) is 3.47. The van der Waals surface area contributed by atoms with E-state index in [-0.39, 0.29) is 5.92 Å². The van der Waals surface area contributed by atoms with E-state index in [9.17, 15) is 4.79 Å². The average Bonchev–Trinajstić information content (AvgIpc) is 3.28. The Morgan fingerprint density at radius 2 is 2.04 bits per heavy atom. The van der Waals surface area contributed by atoms with Crippen molar-refractivity contribution in [2.45, 2.75) is 26.2 Å². The van der Waals surface area contributed by atoms with Gasteiger partial charge in [-0.3, -0.25) is 9.48 Å². The minimum Gasteiger partial charge on any atom is -0.370 e. The maximum absolute atomic E-state index is 12.6. The summed E-state index contributed by atoms with van der Waals surface area (Å²) in [6, 6.07) is 2.06. The lowest BCUT2D eigenvalue weighted by Gasteiger charge is -2.22. The van der Waals surface area contributed by atoms with Gasteiger partial charge >= 0.3 is 0 Å². The summed E-state index contributed by atoms with van der Waals surface area (Å²) in [5, 5.41) is 5.61. The van der Waals surface area contributed by atoms with Gasteiger partial charge in [-0.2, -0.15) is 5.10 Å². The maximum atomic E-state index is 12.6. The molecule has 0 N–H and O–H groups in total. The summed E-state index contributed by atoms with van der Waals surface area (Å²) >= 11 is 0. The number of aryl methyl sites for hydroxylation is 2. The van der Waals surface area contributed by atoms with Gasteiger partial charge in [0.05, 0.1) is 22.7 Å². The fraction of sp³-hybridized carbons (Fsp3) is 0.588. The van der Waals surface area contributed by atoms with E-state index in [0.717, 1.165) is 67.9 Å². The first kappa shape index (κ1) is 14.5. The highest BCUT2D eigenvalue weighted by Crippen LogP contribution is 2.32. The normalized spacial score (nSPS) is 21.6. The minimum atomic E-state index is 0.133. The van der Waals surface area contributed by atoms with Gasteiger partial charge in [0.2, 0.25) is 5.91 Å². The Labute approximate surface area is 136 Å². The lowest BCUT2D eigenvalue weighted by molar-refractivity contribution is -0.133. The van der Waals surface area contributed by atoms with Crippen LogP contribution >= 0.6 is 0 Å². The van der Waals surface area contributed by atoms with Gasteiger partial charge in [-0.1, -0.05) is 0 Å². The molecule has 2 aromatic heterocycles. The van der Waals surface area contributed by atoms with Crippen molar-refractivity contribution in [1.82, 2.24) is 19.7 Å². The molecule has 23 heavy (non-hydrogen) atoms. The fourth-order valence-corrected chi connectivity index (χ4v) is 4.00. The van der Waals surface area contributed by atoms with Crippen molar-refractivity contribution in [1.29, 1.82) is 0 Å². The van der Waals surface area contributed by atoms with E-state index >= 15 is 0 Å². The molecule has 1 atom stereocenters. The minimum absolute atomic E-state index is 0.133. The van der Waals surface area contributed by atoms with Gasteiger partial charge in [0.25, 0.3) is 0 Å². The van der Waals surface area contributed by atoms with Crippen LogP contribution in [0.1, 0.15) is 25.0 Å². The predicted molar refractivity (Wildman–Crippen MR) is 89.4 cm³/mol. The number of anilines is 1. The van der Waals surface area contributed by atoms with Gasteiger partial charge in [0.15, 0.2) is 5.65 Å². The number of fused-ring (bicyclic) bond motifs is 1. The Hall–Kier alpha value is -2.11. The van der Waals surface area contributed by atoms with Crippen molar-refractivity contribution in [3.05, 3.63) is 18.0 Å². The molecule has 1 amide bonds. The predicted octanol–water partition coefficient (Wildman–Crippen LogP) is 1.73. The summed E-state index contributed by atoms with van der Waals surface area (Å²) in [6.45, 7) is 5.64. The van der Waals surface area contributed by atoms with Crippen LogP contribution in [-0.2, 0) is 11.8 Å². The van der Waals surface area contributed by atoms with Gasteiger partial charge in [-0.15, -0.1) is 0 Å². The molecule has 0 aromatic carbocycles. The summed E-state index contributed by atoms with van der Waals surface area (Å²) in [5.41, 5.74) is 3.08. The zero-order valence-corrected chi connectivity index (χ0v) is 13.8. The molecule has 0 aliphatic carbocycles. The van der Waals surface area contributed by atoms with Crippen LogP contribution in [0.3, 0.4) is 0 Å². The monoisotopic (exact) mass is 313 g/mol. The van der Waals surface area contributed by atoms with E-state index in [4.69, 9.17) is 0 Å². The summed E-state index contributed by atoms with van der Waals surface area (Å²) in [6.07, 6.45) is 5.09. The summed E-state index contributed by atoms with van der Waals surface area (Å²) < 4.78 is 1.83. The van der Waals surface area contributed by atoms with Crippen LogP contribution < -0.4 is 4.90 Å². The van der Waals surface area contributed by atoms with Crippen LogP contribution in [-0.4, -0.2) is 51.8 Å². The smallest absolute Gasteiger partial charge is 0.227 e. The van der Waals surface area contributed by atoms with Crippen molar-refractivity contribution in [3.63, 3.8) is 0 Å². The van der Waals surface area contributed by atoms with Crippen molar-refractivity contribution >= 4 is 22.6 Å². The van der Waals surface area contributed by atoms with E-state index in [1.807, 2.05) is 29.7 Å². The number of amides is 1. The third kappa shape index (κ3) is 2.36. The summed E-state index contributed by atoms with van der Waals surface area (Å²) in [7, 11) is 1.93. The molecule has 2 fully saturated rings. The van der Waals surface area contributed by atoms with E-state index in [2.05, 4.69) is 21.0 Å². The summed E-state index contributed by atoms with van der Waals surface area (Å²) in [4.78, 5) is 21.5. The number of hydrogen-bond donors (Lipinski definition) is 0. The molecule has 122 valence electrons. The van der Waals surface area contributed by atoms with Gasteiger partial charge in [0.1, 0.15) is 0 Å². The number of carbonyl (C=O) groups is 1. The SMILES string of the molecule is Cc1nn(C)c2nccc(N3CCC(C(=O)N4CCCC4)C3)c12. The molecule has 2 aliphatic rings. The number of likely N-dealkylation sites (tertiary alicyclic amines) is 1. The molecule has 0 saturated carbocycles. The van der Waals surface area contributed by atoms with E-state index in [1.165, 1.54) is 0 Å². The quantitative estimate of drug-likeness (QED) is 0.847. The van der Waals surface area contributed by atoms with Crippen molar-refractivity contribution in [3.8, 4) is 0 Å². The number of pyridine rings is 1. The third-order valence-corrected chi connectivity index (χ3v) is 5.17. The number of rotatable bonds is 2. The molecule has 0 bridgehead atoms. The molecule has 4 heterocycles. The average molecular weight is 313 g/mol. The molecule has 6 nitrogen and oxygen atoms in total. The van der Waals surface area contributed by atoms with Crippen molar-refractivity contribution in [2.75, 3.05) is 31.1 Å². The second-order valence-corrected chi connectivity index (χ2v) is 6.70. The van der Waals surface area contributed by atoms with Gasteiger partial charge in [0, 0.05) is 39.4 Å². The van der Waals surface area contributed by atoms with Crippen LogP contribution in [0.15, 0.2) is 12.3 Å². The molecule has 4 rings (SSSR count). The molecule has 2 aliphatic heterocycles. The molecule has 6 heteroatoms. The maximum Gasteiger partial charge on any atom is 0.227 e. The Morgan fingerprint density at radius 3 is 2.83 bits per heavy atom. The number of nitrogens with zero attached hydrogens (tertiary/aromatic N) is 5. The van der Waals surface area contributed by atoms with Crippen LogP contribution in [0.5, 0.6) is 0 Å². The lowest BCUT2D eigenvalue weighted by Crippen LogP contribution is -2.35.